The van der Waals surface area contributed by atoms with Crippen molar-refractivity contribution in [1.82, 2.24) is 5.43 Å². The van der Waals surface area contributed by atoms with Crippen molar-refractivity contribution in [1.29, 1.82) is 0 Å². The Balaban J connectivity index is 1.45. The molecule has 0 heterocycles. The highest BCUT2D eigenvalue weighted by molar-refractivity contribution is 5.83. The van der Waals surface area contributed by atoms with E-state index in [-0.39, 0.29) is 12.5 Å². The summed E-state index contributed by atoms with van der Waals surface area (Å²) in [6.45, 7) is 6.63. The first-order valence-electron chi connectivity index (χ1n) is 10.3. The molecule has 0 bridgehead atoms. The second-order valence-electron chi connectivity index (χ2n) is 7.60. The van der Waals surface area contributed by atoms with E-state index in [0.717, 1.165) is 28.2 Å². The molecule has 0 unspecified atom stereocenters. The number of carbonyl (C=O) groups excluding carboxylic acids is 1. The largest absolute Gasteiger partial charge is 0.489 e. The van der Waals surface area contributed by atoms with Crippen LogP contribution in [0.15, 0.2) is 77.9 Å². The minimum Gasteiger partial charge on any atom is -0.489 e. The quantitative estimate of drug-likeness (QED) is 0.384. The Morgan fingerprint density at radius 1 is 1.00 bits per heavy atom. The van der Waals surface area contributed by atoms with Crippen LogP contribution in [0.25, 0.3) is 0 Å². The van der Waals surface area contributed by atoms with Gasteiger partial charge in [-0.15, -0.1) is 0 Å². The van der Waals surface area contributed by atoms with Gasteiger partial charge in [0, 0.05) is 0 Å². The number of ether oxygens (including phenoxy) is 2. The highest BCUT2D eigenvalue weighted by atomic mass is 16.5. The Bertz CT molecular complexity index is 1010. The molecule has 3 aromatic rings. The van der Waals surface area contributed by atoms with Crippen LogP contribution in [-0.2, 0) is 11.4 Å². The Labute approximate surface area is 183 Å². The lowest BCUT2D eigenvalue weighted by molar-refractivity contribution is -0.123. The predicted octanol–water partition coefficient (Wildman–Crippen LogP) is 5.23. The molecule has 0 saturated carbocycles. The first-order valence-corrected chi connectivity index (χ1v) is 10.3. The number of aryl methyl sites for hydroxylation is 1. The number of rotatable bonds is 9. The summed E-state index contributed by atoms with van der Waals surface area (Å²) in [4.78, 5) is 12.0. The average molecular weight is 417 g/mol. The lowest BCUT2D eigenvalue weighted by atomic mass is 10.0. The van der Waals surface area contributed by atoms with Crippen molar-refractivity contribution in [3.05, 3.63) is 95.1 Å². The van der Waals surface area contributed by atoms with E-state index in [9.17, 15) is 4.79 Å². The maximum absolute atomic E-state index is 12.0. The molecule has 160 valence electrons. The Kier molecular flexibility index (Phi) is 7.82. The van der Waals surface area contributed by atoms with Gasteiger partial charge in [0.1, 0.15) is 18.1 Å². The fourth-order valence-corrected chi connectivity index (χ4v) is 2.88. The van der Waals surface area contributed by atoms with E-state index in [4.69, 9.17) is 9.47 Å². The van der Waals surface area contributed by atoms with Crippen LogP contribution in [0.2, 0.25) is 0 Å². The Morgan fingerprint density at radius 3 is 2.45 bits per heavy atom. The van der Waals surface area contributed by atoms with Gasteiger partial charge in [-0.2, -0.15) is 5.10 Å². The van der Waals surface area contributed by atoms with Crippen molar-refractivity contribution >= 4 is 12.1 Å². The fourth-order valence-electron chi connectivity index (χ4n) is 2.88. The molecule has 1 amide bonds. The van der Waals surface area contributed by atoms with Gasteiger partial charge < -0.3 is 9.47 Å². The molecule has 0 spiro atoms. The van der Waals surface area contributed by atoms with Crippen molar-refractivity contribution in [2.45, 2.75) is 33.3 Å². The van der Waals surface area contributed by atoms with E-state index in [0.29, 0.717) is 12.5 Å². The molecule has 0 atom stereocenters. The van der Waals surface area contributed by atoms with E-state index >= 15 is 0 Å². The summed E-state index contributed by atoms with van der Waals surface area (Å²) >= 11 is 0. The third-order valence-electron chi connectivity index (χ3n) is 4.77. The number of nitrogens with zero attached hydrogens (tertiary/aromatic N) is 1. The van der Waals surface area contributed by atoms with Gasteiger partial charge in [-0.05, 0) is 65.4 Å². The smallest absolute Gasteiger partial charge is 0.277 e. The summed E-state index contributed by atoms with van der Waals surface area (Å²) in [7, 11) is 0. The van der Waals surface area contributed by atoms with Gasteiger partial charge in [0.25, 0.3) is 5.91 Å². The van der Waals surface area contributed by atoms with Crippen LogP contribution in [-0.4, -0.2) is 18.7 Å². The summed E-state index contributed by atoms with van der Waals surface area (Å²) in [6, 6.07) is 23.6. The minimum absolute atomic E-state index is 0.0913. The van der Waals surface area contributed by atoms with Gasteiger partial charge in [-0.1, -0.05) is 56.3 Å². The number of hydrogen-bond acceptors (Lipinski definition) is 4. The van der Waals surface area contributed by atoms with E-state index in [1.54, 1.807) is 6.21 Å². The molecule has 3 aromatic carbocycles. The summed E-state index contributed by atoms with van der Waals surface area (Å²) in [5.74, 6) is 1.58. The fraction of sp³-hybridized carbons (Fsp3) is 0.231. The van der Waals surface area contributed by atoms with Crippen LogP contribution < -0.4 is 14.9 Å². The highest BCUT2D eigenvalue weighted by Gasteiger charge is 2.07. The van der Waals surface area contributed by atoms with Crippen LogP contribution in [0, 0.1) is 6.92 Å². The summed E-state index contributed by atoms with van der Waals surface area (Å²) in [5.41, 5.74) is 6.64. The first kappa shape index (κ1) is 22.1. The van der Waals surface area contributed by atoms with Crippen LogP contribution in [0.1, 0.15) is 42.0 Å². The Hall–Kier alpha value is -3.60. The number of benzene rings is 3. The number of hydrazone groups is 1. The zero-order chi connectivity index (χ0) is 22.1. The normalized spacial score (nSPS) is 11.0. The number of carbonyl (C=O) groups is 1. The molecule has 1 N–H and O–H groups in total. The van der Waals surface area contributed by atoms with Crippen molar-refractivity contribution < 1.29 is 14.3 Å². The molecule has 0 aliphatic rings. The molecule has 3 rings (SSSR count). The van der Waals surface area contributed by atoms with E-state index < -0.39 is 0 Å². The third kappa shape index (κ3) is 7.00. The van der Waals surface area contributed by atoms with E-state index in [2.05, 4.69) is 30.4 Å². The van der Waals surface area contributed by atoms with Gasteiger partial charge in [-0.3, -0.25) is 4.79 Å². The summed E-state index contributed by atoms with van der Waals surface area (Å²) in [6.07, 6.45) is 1.59. The van der Waals surface area contributed by atoms with Gasteiger partial charge in [-0.25, -0.2) is 5.43 Å². The van der Waals surface area contributed by atoms with Crippen molar-refractivity contribution in [3.8, 4) is 11.5 Å². The second-order valence-corrected chi connectivity index (χ2v) is 7.60. The van der Waals surface area contributed by atoms with Crippen LogP contribution in [0.3, 0.4) is 0 Å². The molecule has 0 aromatic heterocycles. The lowest BCUT2D eigenvalue weighted by Crippen LogP contribution is -2.24. The average Bonchev–Trinajstić information content (AvgIpc) is 2.78. The predicted molar refractivity (Wildman–Crippen MR) is 124 cm³/mol. The zero-order valence-corrected chi connectivity index (χ0v) is 18.2. The summed E-state index contributed by atoms with van der Waals surface area (Å²) in [5, 5.41) is 4.00. The van der Waals surface area contributed by atoms with Crippen LogP contribution in [0.4, 0.5) is 0 Å². The number of amides is 1. The maximum Gasteiger partial charge on any atom is 0.277 e. The molecule has 5 nitrogen and oxygen atoms in total. The molecule has 5 heteroatoms. The van der Waals surface area contributed by atoms with E-state index in [1.165, 1.54) is 5.56 Å². The second kappa shape index (κ2) is 11.0. The van der Waals surface area contributed by atoms with Crippen LogP contribution >= 0.6 is 0 Å². The van der Waals surface area contributed by atoms with Gasteiger partial charge in [0.2, 0.25) is 0 Å². The molecule has 0 fully saturated rings. The standard InChI is InChI=1S/C26H28N2O3/c1-19(2)23-12-9-20(3)25(15-23)31-18-26(29)28-27-16-21-10-13-24(14-11-21)30-17-22-7-5-4-6-8-22/h4-16,19H,17-18H2,1-3H3,(H,28,29)/b27-16+. The molecular formula is C26H28N2O3. The maximum atomic E-state index is 12.0. The van der Waals surface area contributed by atoms with Crippen molar-refractivity contribution in [3.63, 3.8) is 0 Å². The van der Waals surface area contributed by atoms with Gasteiger partial charge in [0.05, 0.1) is 6.21 Å². The lowest BCUT2D eigenvalue weighted by Gasteiger charge is -2.12. The first-order chi connectivity index (χ1) is 15.0. The van der Waals surface area contributed by atoms with Gasteiger partial charge >= 0.3 is 0 Å². The van der Waals surface area contributed by atoms with Crippen molar-refractivity contribution in [2.24, 2.45) is 5.10 Å². The number of nitrogens with one attached hydrogen (secondary N) is 1. The van der Waals surface area contributed by atoms with Crippen molar-refractivity contribution in [2.75, 3.05) is 6.61 Å². The number of hydrogen-bond donors (Lipinski definition) is 1. The monoisotopic (exact) mass is 416 g/mol. The molecule has 0 aliphatic heterocycles. The van der Waals surface area contributed by atoms with Gasteiger partial charge in [0.15, 0.2) is 6.61 Å². The van der Waals surface area contributed by atoms with Crippen LogP contribution in [0.5, 0.6) is 11.5 Å². The molecule has 0 saturated heterocycles. The topological polar surface area (TPSA) is 59.9 Å². The molecule has 0 radical (unpaired) electrons. The van der Waals surface area contributed by atoms with E-state index in [1.807, 2.05) is 73.7 Å². The Morgan fingerprint density at radius 2 is 1.74 bits per heavy atom. The molecule has 31 heavy (non-hydrogen) atoms. The summed E-state index contributed by atoms with van der Waals surface area (Å²) < 4.78 is 11.4. The SMILES string of the molecule is Cc1ccc(C(C)C)cc1OCC(=O)N/N=C/c1ccc(OCc2ccccc2)cc1. The third-order valence-corrected chi connectivity index (χ3v) is 4.77. The minimum atomic E-state index is -0.312. The molecular weight excluding hydrogens is 388 g/mol. The zero-order valence-electron chi connectivity index (χ0n) is 18.2. The highest BCUT2D eigenvalue weighted by Crippen LogP contribution is 2.24. The molecule has 0 aliphatic carbocycles.